The van der Waals surface area contributed by atoms with Crippen LogP contribution in [0.3, 0.4) is 0 Å². The Balaban J connectivity index is 1.93. The second kappa shape index (κ2) is 10.8. The van der Waals surface area contributed by atoms with E-state index in [0.29, 0.717) is 25.4 Å². The fourth-order valence-corrected chi connectivity index (χ4v) is 1.88. The zero-order valence-electron chi connectivity index (χ0n) is 13.0. The van der Waals surface area contributed by atoms with Crippen molar-refractivity contribution in [3.63, 3.8) is 0 Å². The van der Waals surface area contributed by atoms with Gasteiger partial charge in [0.1, 0.15) is 6.79 Å². The molecule has 0 aliphatic rings. The van der Waals surface area contributed by atoms with Gasteiger partial charge in [-0.2, -0.15) is 0 Å². The summed E-state index contributed by atoms with van der Waals surface area (Å²) in [5.41, 5.74) is 1.18. The van der Waals surface area contributed by atoms with Crippen LogP contribution in [-0.2, 0) is 20.8 Å². The Bertz CT molecular complexity index is 324. The molecule has 20 heavy (non-hydrogen) atoms. The maximum Gasteiger partial charge on any atom is 0.147 e. The zero-order chi connectivity index (χ0) is 14.6. The molecule has 1 rings (SSSR count). The van der Waals surface area contributed by atoms with Crippen molar-refractivity contribution in [2.75, 3.05) is 20.0 Å². The average molecular weight is 280 g/mol. The third kappa shape index (κ3) is 9.08. The summed E-state index contributed by atoms with van der Waals surface area (Å²) in [6.45, 7) is 8.89. The van der Waals surface area contributed by atoms with E-state index in [4.69, 9.17) is 14.2 Å². The Hall–Kier alpha value is -0.900. The molecule has 1 atom stereocenters. The van der Waals surface area contributed by atoms with Gasteiger partial charge < -0.3 is 14.2 Å². The van der Waals surface area contributed by atoms with Gasteiger partial charge in [-0.05, 0) is 38.2 Å². The van der Waals surface area contributed by atoms with E-state index in [-0.39, 0.29) is 0 Å². The molecular weight excluding hydrogens is 252 g/mol. The molecule has 3 heteroatoms. The van der Waals surface area contributed by atoms with Gasteiger partial charge in [-0.3, -0.25) is 0 Å². The monoisotopic (exact) mass is 280 g/mol. The fraction of sp³-hybridized carbons (Fsp3) is 0.647. The number of rotatable bonds is 11. The van der Waals surface area contributed by atoms with Crippen molar-refractivity contribution in [2.45, 2.75) is 46.3 Å². The van der Waals surface area contributed by atoms with Crippen LogP contribution in [0.2, 0.25) is 0 Å². The number of benzene rings is 1. The molecule has 0 heterocycles. The standard InChI is InChI=1S/C17H28O3/c1-15(2)20-11-7-8-16(3)12-18-14-19-13-17-9-5-4-6-10-17/h4-6,9-10,15-16H,7-8,11-14H2,1-3H3/t16-/m0/s1. The first kappa shape index (κ1) is 17.2. The van der Waals surface area contributed by atoms with Crippen LogP contribution < -0.4 is 0 Å². The first-order valence-corrected chi connectivity index (χ1v) is 7.49. The molecule has 0 aliphatic heterocycles. The molecule has 0 amide bonds. The van der Waals surface area contributed by atoms with Crippen LogP contribution in [0, 0.1) is 5.92 Å². The summed E-state index contributed by atoms with van der Waals surface area (Å²) in [5, 5.41) is 0. The Kier molecular flexibility index (Phi) is 9.29. The SMILES string of the molecule is CC(C)OCCC[C@H](C)COCOCc1ccccc1. The quantitative estimate of drug-likeness (QED) is 0.452. The summed E-state index contributed by atoms with van der Waals surface area (Å²) >= 11 is 0. The second-order valence-electron chi connectivity index (χ2n) is 5.49. The molecule has 0 aliphatic carbocycles. The van der Waals surface area contributed by atoms with Gasteiger partial charge in [0.2, 0.25) is 0 Å². The summed E-state index contributed by atoms with van der Waals surface area (Å²) in [4.78, 5) is 0. The highest BCUT2D eigenvalue weighted by atomic mass is 16.7. The van der Waals surface area contributed by atoms with Crippen molar-refractivity contribution in [1.29, 1.82) is 0 Å². The average Bonchev–Trinajstić information content (AvgIpc) is 2.44. The van der Waals surface area contributed by atoms with Crippen LogP contribution in [0.5, 0.6) is 0 Å². The van der Waals surface area contributed by atoms with Crippen molar-refractivity contribution in [3.05, 3.63) is 35.9 Å². The Labute approximate surface area is 123 Å². The van der Waals surface area contributed by atoms with E-state index >= 15 is 0 Å². The minimum absolute atomic E-state index is 0.327. The lowest BCUT2D eigenvalue weighted by atomic mass is 10.1. The minimum atomic E-state index is 0.327. The van der Waals surface area contributed by atoms with Gasteiger partial charge in [-0.15, -0.1) is 0 Å². The van der Waals surface area contributed by atoms with E-state index in [2.05, 4.69) is 32.9 Å². The van der Waals surface area contributed by atoms with Gasteiger partial charge in [-0.25, -0.2) is 0 Å². The molecule has 0 bridgehead atoms. The van der Waals surface area contributed by atoms with E-state index in [1.54, 1.807) is 0 Å². The molecule has 114 valence electrons. The summed E-state index contributed by atoms with van der Waals surface area (Å²) < 4.78 is 16.5. The largest absolute Gasteiger partial charge is 0.379 e. The second-order valence-corrected chi connectivity index (χ2v) is 5.49. The molecule has 0 radical (unpaired) electrons. The van der Waals surface area contributed by atoms with Gasteiger partial charge in [0, 0.05) is 6.61 Å². The highest BCUT2D eigenvalue weighted by Crippen LogP contribution is 2.07. The van der Waals surface area contributed by atoms with Crippen LogP contribution in [0.1, 0.15) is 39.2 Å². The highest BCUT2D eigenvalue weighted by molar-refractivity contribution is 5.13. The normalized spacial score (nSPS) is 12.8. The van der Waals surface area contributed by atoms with Crippen molar-refractivity contribution in [1.82, 2.24) is 0 Å². The molecule has 0 N–H and O–H groups in total. The molecule has 1 aromatic carbocycles. The first-order valence-electron chi connectivity index (χ1n) is 7.49. The van der Waals surface area contributed by atoms with Crippen LogP contribution in [-0.4, -0.2) is 26.1 Å². The van der Waals surface area contributed by atoms with Gasteiger partial charge in [0.05, 0.1) is 19.3 Å². The Morgan fingerprint density at radius 1 is 1.00 bits per heavy atom. The van der Waals surface area contributed by atoms with Crippen LogP contribution in [0.15, 0.2) is 30.3 Å². The molecule has 0 unspecified atom stereocenters. The molecular formula is C17H28O3. The number of hydrogen-bond donors (Lipinski definition) is 0. The third-order valence-corrected chi connectivity index (χ3v) is 2.97. The number of ether oxygens (including phenoxy) is 3. The molecule has 0 saturated carbocycles. The fourth-order valence-electron chi connectivity index (χ4n) is 1.88. The smallest absolute Gasteiger partial charge is 0.147 e. The molecule has 0 aromatic heterocycles. The van der Waals surface area contributed by atoms with Crippen LogP contribution in [0.25, 0.3) is 0 Å². The van der Waals surface area contributed by atoms with Gasteiger partial charge in [-0.1, -0.05) is 37.3 Å². The van der Waals surface area contributed by atoms with E-state index in [1.807, 2.05) is 18.2 Å². The zero-order valence-corrected chi connectivity index (χ0v) is 13.0. The molecule has 3 nitrogen and oxygen atoms in total. The molecule has 0 fully saturated rings. The molecule has 1 aromatic rings. The first-order chi connectivity index (χ1) is 9.68. The Morgan fingerprint density at radius 3 is 2.45 bits per heavy atom. The van der Waals surface area contributed by atoms with E-state index in [0.717, 1.165) is 26.1 Å². The summed E-state index contributed by atoms with van der Waals surface area (Å²) in [5.74, 6) is 0.547. The predicted molar refractivity (Wildman–Crippen MR) is 81.5 cm³/mol. The third-order valence-electron chi connectivity index (χ3n) is 2.97. The molecule has 0 spiro atoms. The van der Waals surface area contributed by atoms with Crippen LogP contribution >= 0.6 is 0 Å². The predicted octanol–water partition coefficient (Wildman–Crippen LogP) is 4.02. The topological polar surface area (TPSA) is 27.7 Å². The lowest BCUT2D eigenvalue weighted by molar-refractivity contribution is -0.0713. The van der Waals surface area contributed by atoms with Gasteiger partial charge in [0.15, 0.2) is 0 Å². The highest BCUT2D eigenvalue weighted by Gasteiger charge is 2.03. The minimum Gasteiger partial charge on any atom is -0.379 e. The lowest BCUT2D eigenvalue weighted by Crippen LogP contribution is -2.11. The van der Waals surface area contributed by atoms with E-state index in [1.165, 1.54) is 5.56 Å². The molecule has 0 saturated heterocycles. The van der Waals surface area contributed by atoms with E-state index < -0.39 is 0 Å². The summed E-state index contributed by atoms with van der Waals surface area (Å²) in [6.07, 6.45) is 2.55. The lowest BCUT2D eigenvalue weighted by Gasteiger charge is -2.13. The van der Waals surface area contributed by atoms with Crippen LogP contribution in [0.4, 0.5) is 0 Å². The van der Waals surface area contributed by atoms with Crippen molar-refractivity contribution in [2.24, 2.45) is 5.92 Å². The maximum atomic E-state index is 5.53. The summed E-state index contributed by atoms with van der Waals surface area (Å²) in [6, 6.07) is 10.1. The van der Waals surface area contributed by atoms with Crippen molar-refractivity contribution >= 4 is 0 Å². The van der Waals surface area contributed by atoms with Gasteiger partial charge >= 0.3 is 0 Å². The number of hydrogen-bond acceptors (Lipinski definition) is 3. The van der Waals surface area contributed by atoms with Crippen molar-refractivity contribution < 1.29 is 14.2 Å². The summed E-state index contributed by atoms with van der Waals surface area (Å²) in [7, 11) is 0. The van der Waals surface area contributed by atoms with E-state index in [9.17, 15) is 0 Å². The van der Waals surface area contributed by atoms with Gasteiger partial charge in [0.25, 0.3) is 0 Å². The Morgan fingerprint density at radius 2 is 1.75 bits per heavy atom. The van der Waals surface area contributed by atoms with Crippen molar-refractivity contribution in [3.8, 4) is 0 Å². The maximum absolute atomic E-state index is 5.53.